The molecule has 126 valence electrons. The second-order valence-corrected chi connectivity index (χ2v) is 7.27. The highest BCUT2D eigenvalue weighted by Crippen LogP contribution is 2.49. The molecule has 0 saturated heterocycles. The van der Waals surface area contributed by atoms with E-state index in [9.17, 15) is 0 Å². The zero-order valence-corrected chi connectivity index (χ0v) is 15.9. The number of anilines is 1. The van der Waals surface area contributed by atoms with Crippen LogP contribution in [0.4, 0.5) is 5.69 Å². The molecule has 1 aromatic rings. The van der Waals surface area contributed by atoms with Gasteiger partial charge in [0, 0.05) is 37.3 Å². The van der Waals surface area contributed by atoms with Crippen LogP contribution in [0.15, 0.2) is 47.6 Å². The molecular formula is C22H29N2+. The molecule has 0 aromatic heterocycles. The van der Waals surface area contributed by atoms with Crippen molar-refractivity contribution < 1.29 is 4.58 Å². The molecule has 0 N–H and O–H groups in total. The Morgan fingerprint density at radius 1 is 1.00 bits per heavy atom. The summed E-state index contributed by atoms with van der Waals surface area (Å²) in [6.07, 6.45) is 11.5. The average molecular weight is 321 g/mol. The summed E-state index contributed by atoms with van der Waals surface area (Å²) in [5.74, 6) is 0. The van der Waals surface area contributed by atoms with Gasteiger partial charge < -0.3 is 4.90 Å². The lowest BCUT2D eigenvalue weighted by Crippen LogP contribution is -2.33. The maximum absolute atomic E-state index is 2.39. The summed E-state index contributed by atoms with van der Waals surface area (Å²) >= 11 is 0. The molecule has 0 bridgehead atoms. The molecule has 3 rings (SSSR count). The van der Waals surface area contributed by atoms with Crippen LogP contribution in [0.25, 0.3) is 6.08 Å². The minimum Gasteiger partial charge on any atom is -0.378 e. The van der Waals surface area contributed by atoms with E-state index in [0.29, 0.717) is 0 Å². The molecule has 0 spiro atoms. The van der Waals surface area contributed by atoms with Gasteiger partial charge >= 0.3 is 0 Å². The Bertz CT molecular complexity index is 780. The van der Waals surface area contributed by atoms with Gasteiger partial charge in [0.15, 0.2) is 5.71 Å². The van der Waals surface area contributed by atoms with Crippen LogP contribution in [0, 0.1) is 0 Å². The van der Waals surface area contributed by atoms with Gasteiger partial charge in [-0.3, -0.25) is 0 Å². The van der Waals surface area contributed by atoms with Crippen LogP contribution in [-0.2, 0) is 5.41 Å². The van der Waals surface area contributed by atoms with Gasteiger partial charge in [0.2, 0.25) is 0 Å². The lowest BCUT2D eigenvalue weighted by Gasteiger charge is -2.41. The van der Waals surface area contributed by atoms with E-state index < -0.39 is 0 Å². The summed E-state index contributed by atoms with van der Waals surface area (Å²) in [5, 5.41) is 0. The summed E-state index contributed by atoms with van der Waals surface area (Å²) < 4.78 is 2.20. The Kier molecular flexibility index (Phi) is 4.25. The molecule has 1 aromatic carbocycles. The van der Waals surface area contributed by atoms with E-state index in [1.165, 1.54) is 33.7 Å². The molecule has 0 fully saturated rings. The van der Waals surface area contributed by atoms with E-state index in [-0.39, 0.29) is 5.41 Å². The Morgan fingerprint density at radius 3 is 2.29 bits per heavy atom. The largest absolute Gasteiger partial charge is 0.378 e. The fraction of sp³-hybridized carbons (Fsp3) is 0.409. The minimum atomic E-state index is 0.0947. The highest BCUT2D eigenvalue weighted by molar-refractivity contribution is 6.04. The standard InChI is InChI=1S/C22H29N2/c1-7-22(8-2)20-14-18(23(3)4)11-9-16(20)13-17-10-12-19(24(5)6)15-21(17)22/h9-15H,7-8H2,1-6H3/q+1. The van der Waals surface area contributed by atoms with Crippen molar-refractivity contribution in [3.8, 4) is 0 Å². The first kappa shape index (κ1) is 16.8. The fourth-order valence-corrected chi connectivity index (χ4v) is 4.05. The number of fused-ring (bicyclic) bond motifs is 2. The van der Waals surface area contributed by atoms with Crippen LogP contribution in [0.1, 0.15) is 37.8 Å². The fourth-order valence-electron chi connectivity index (χ4n) is 4.05. The van der Waals surface area contributed by atoms with Crippen LogP contribution in [0.3, 0.4) is 0 Å². The third-order valence-corrected chi connectivity index (χ3v) is 5.66. The van der Waals surface area contributed by atoms with Crippen molar-refractivity contribution in [2.45, 2.75) is 32.1 Å². The molecule has 2 nitrogen and oxygen atoms in total. The SMILES string of the molecule is CCC1(CC)C2=CC(=[N+](C)C)C=CC2=Cc2ccc(N(C)C)cc21. The summed E-state index contributed by atoms with van der Waals surface area (Å²) in [4.78, 5) is 2.20. The average Bonchev–Trinajstić information content (AvgIpc) is 2.58. The van der Waals surface area contributed by atoms with Gasteiger partial charge in [-0.15, -0.1) is 0 Å². The number of hydrogen-bond donors (Lipinski definition) is 0. The van der Waals surface area contributed by atoms with Gasteiger partial charge in [0.1, 0.15) is 14.1 Å². The van der Waals surface area contributed by atoms with Crippen molar-refractivity contribution in [2.75, 3.05) is 33.1 Å². The van der Waals surface area contributed by atoms with E-state index in [2.05, 4.69) is 94.0 Å². The zero-order chi connectivity index (χ0) is 17.5. The molecular weight excluding hydrogens is 292 g/mol. The van der Waals surface area contributed by atoms with Crippen molar-refractivity contribution in [1.82, 2.24) is 0 Å². The number of allylic oxidation sites excluding steroid dienone is 5. The summed E-state index contributed by atoms with van der Waals surface area (Å²) in [5.41, 5.74) is 8.34. The number of benzene rings is 1. The molecule has 0 amide bonds. The molecule has 2 aliphatic rings. The second kappa shape index (κ2) is 6.08. The third kappa shape index (κ3) is 2.45. The Hall–Kier alpha value is -2.09. The molecule has 0 saturated carbocycles. The summed E-state index contributed by atoms with van der Waals surface area (Å²) in [6.45, 7) is 4.65. The lowest BCUT2D eigenvalue weighted by molar-refractivity contribution is -0.462. The smallest absolute Gasteiger partial charge is 0.199 e. The van der Waals surface area contributed by atoms with Crippen LogP contribution in [0.5, 0.6) is 0 Å². The molecule has 0 heterocycles. The lowest BCUT2D eigenvalue weighted by atomic mass is 9.62. The van der Waals surface area contributed by atoms with Crippen LogP contribution >= 0.6 is 0 Å². The first-order valence-corrected chi connectivity index (χ1v) is 8.91. The molecule has 2 heteroatoms. The van der Waals surface area contributed by atoms with E-state index in [1.807, 2.05) is 0 Å². The van der Waals surface area contributed by atoms with Gasteiger partial charge in [0.05, 0.1) is 0 Å². The predicted molar refractivity (Wildman–Crippen MR) is 105 cm³/mol. The number of nitrogens with zero attached hydrogens (tertiary/aromatic N) is 2. The first-order valence-electron chi connectivity index (χ1n) is 8.91. The topological polar surface area (TPSA) is 6.25 Å². The maximum atomic E-state index is 2.39. The summed E-state index contributed by atoms with van der Waals surface area (Å²) in [7, 11) is 8.47. The van der Waals surface area contributed by atoms with Crippen molar-refractivity contribution in [3.05, 3.63) is 58.7 Å². The van der Waals surface area contributed by atoms with Gasteiger partial charge in [-0.25, -0.2) is 4.58 Å². The Morgan fingerprint density at radius 2 is 1.71 bits per heavy atom. The second-order valence-electron chi connectivity index (χ2n) is 7.27. The Labute approximate surface area is 146 Å². The molecule has 2 aliphatic carbocycles. The van der Waals surface area contributed by atoms with Crippen molar-refractivity contribution >= 4 is 17.5 Å². The third-order valence-electron chi connectivity index (χ3n) is 5.66. The van der Waals surface area contributed by atoms with Gasteiger partial charge in [-0.1, -0.05) is 19.9 Å². The molecule has 24 heavy (non-hydrogen) atoms. The van der Waals surface area contributed by atoms with E-state index >= 15 is 0 Å². The highest BCUT2D eigenvalue weighted by atomic mass is 15.1. The van der Waals surface area contributed by atoms with Gasteiger partial charge in [0.25, 0.3) is 0 Å². The van der Waals surface area contributed by atoms with Crippen LogP contribution in [0.2, 0.25) is 0 Å². The van der Waals surface area contributed by atoms with E-state index in [4.69, 9.17) is 0 Å². The zero-order valence-electron chi connectivity index (χ0n) is 15.9. The maximum Gasteiger partial charge on any atom is 0.199 e. The molecule has 0 aliphatic heterocycles. The summed E-state index contributed by atoms with van der Waals surface area (Å²) in [6, 6.07) is 6.90. The quantitative estimate of drug-likeness (QED) is 0.747. The monoisotopic (exact) mass is 321 g/mol. The molecule has 0 atom stereocenters. The van der Waals surface area contributed by atoms with E-state index in [0.717, 1.165) is 12.8 Å². The van der Waals surface area contributed by atoms with Crippen molar-refractivity contribution in [1.29, 1.82) is 0 Å². The predicted octanol–water partition coefficient (Wildman–Crippen LogP) is 4.42. The molecule has 0 unspecified atom stereocenters. The van der Waals surface area contributed by atoms with Crippen molar-refractivity contribution in [3.63, 3.8) is 0 Å². The number of hydrogen-bond acceptors (Lipinski definition) is 1. The number of rotatable bonds is 3. The first-order chi connectivity index (χ1) is 11.4. The van der Waals surface area contributed by atoms with Gasteiger partial charge in [-0.2, -0.15) is 0 Å². The Balaban J connectivity index is 2.29. The normalized spacial score (nSPS) is 17.7. The van der Waals surface area contributed by atoms with E-state index in [1.54, 1.807) is 0 Å². The molecule has 0 radical (unpaired) electrons. The minimum absolute atomic E-state index is 0.0947. The van der Waals surface area contributed by atoms with Gasteiger partial charge in [-0.05, 0) is 59.4 Å². The van der Waals surface area contributed by atoms with Crippen LogP contribution < -0.4 is 4.90 Å². The highest BCUT2D eigenvalue weighted by Gasteiger charge is 2.40. The van der Waals surface area contributed by atoms with Crippen LogP contribution in [-0.4, -0.2) is 38.5 Å². The van der Waals surface area contributed by atoms with Crippen molar-refractivity contribution in [2.24, 2.45) is 0 Å².